The van der Waals surface area contributed by atoms with E-state index in [0.717, 1.165) is 0 Å². The molecule has 1 amide bonds. The Kier molecular flexibility index (Phi) is 6.18. The standard InChI is InChI=1S/C17H24N2O5S/c1-12(17(21)22)13(2)18-16(20)14-7-6-10-19(11-14)25(23,24)15-8-4-3-5-9-15/h3-5,8-9,12-14H,6-7,10-11H2,1-2H3,(H,18,20)(H,21,22). The SMILES string of the molecule is CC(NC(=O)C1CCCN(S(=O)(=O)c2ccccc2)C1)C(C)C(=O)O. The number of carboxylic acid groups (broad SMARTS) is 1. The van der Waals surface area contributed by atoms with Gasteiger partial charge in [-0.3, -0.25) is 9.59 Å². The lowest BCUT2D eigenvalue weighted by atomic mass is 9.97. The molecule has 1 aromatic rings. The minimum absolute atomic E-state index is 0.108. The predicted molar refractivity (Wildman–Crippen MR) is 92.3 cm³/mol. The van der Waals surface area contributed by atoms with E-state index in [1.165, 1.54) is 23.4 Å². The van der Waals surface area contributed by atoms with Crippen LogP contribution in [0.25, 0.3) is 0 Å². The summed E-state index contributed by atoms with van der Waals surface area (Å²) in [5.74, 6) is -2.47. The summed E-state index contributed by atoms with van der Waals surface area (Å²) in [4.78, 5) is 23.6. The summed E-state index contributed by atoms with van der Waals surface area (Å²) in [5, 5.41) is 11.7. The first-order chi connectivity index (χ1) is 11.7. The zero-order valence-corrected chi connectivity index (χ0v) is 15.2. The van der Waals surface area contributed by atoms with Gasteiger partial charge in [0.25, 0.3) is 0 Å². The van der Waals surface area contributed by atoms with E-state index in [1.807, 2.05) is 0 Å². The zero-order chi connectivity index (χ0) is 18.6. The summed E-state index contributed by atoms with van der Waals surface area (Å²) in [6.07, 6.45) is 1.17. The van der Waals surface area contributed by atoms with Crippen molar-refractivity contribution in [3.05, 3.63) is 30.3 Å². The van der Waals surface area contributed by atoms with Gasteiger partial charge in [-0.1, -0.05) is 18.2 Å². The number of carboxylic acids is 1. The number of piperidine rings is 1. The quantitative estimate of drug-likeness (QED) is 0.788. The van der Waals surface area contributed by atoms with Crippen LogP contribution in [0.3, 0.4) is 0 Å². The minimum Gasteiger partial charge on any atom is -0.481 e. The van der Waals surface area contributed by atoms with Crippen molar-refractivity contribution in [3.63, 3.8) is 0 Å². The highest BCUT2D eigenvalue weighted by Gasteiger charge is 2.34. The van der Waals surface area contributed by atoms with Gasteiger partial charge in [-0.05, 0) is 38.8 Å². The third-order valence-corrected chi connectivity index (χ3v) is 6.52. The molecule has 2 N–H and O–H groups in total. The third-order valence-electron chi connectivity index (χ3n) is 4.65. The number of hydrogen-bond acceptors (Lipinski definition) is 4. The van der Waals surface area contributed by atoms with Crippen molar-refractivity contribution in [2.24, 2.45) is 11.8 Å². The fraction of sp³-hybridized carbons (Fsp3) is 0.529. The molecule has 1 aliphatic heterocycles. The maximum atomic E-state index is 12.7. The van der Waals surface area contributed by atoms with Crippen LogP contribution >= 0.6 is 0 Å². The van der Waals surface area contributed by atoms with Crippen molar-refractivity contribution in [2.45, 2.75) is 37.6 Å². The van der Waals surface area contributed by atoms with Crippen molar-refractivity contribution >= 4 is 21.9 Å². The summed E-state index contributed by atoms with van der Waals surface area (Å²) in [7, 11) is -3.63. The Morgan fingerprint density at radius 1 is 1.24 bits per heavy atom. The summed E-state index contributed by atoms with van der Waals surface area (Å²) >= 11 is 0. The monoisotopic (exact) mass is 368 g/mol. The fourth-order valence-electron chi connectivity index (χ4n) is 2.80. The van der Waals surface area contributed by atoms with Crippen LogP contribution in [-0.4, -0.2) is 48.8 Å². The van der Waals surface area contributed by atoms with E-state index in [-0.39, 0.29) is 17.3 Å². The number of aliphatic carboxylic acids is 1. The first-order valence-corrected chi connectivity index (χ1v) is 9.76. The number of nitrogens with one attached hydrogen (secondary N) is 1. The summed E-state index contributed by atoms with van der Waals surface area (Å²) < 4.78 is 26.7. The van der Waals surface area contributed by atoms with E-state index in [9.17, 15) is 18.0 Å². The molecule has 7 nitrogen and oxygen atoms in total. The van der Waals surface area contributed by atoms with Gasteiger partial charge in [0.2, 0.25) is 15.9 Å². The highest BCUT2D eigenvalue weighted by Crippen LogP contribution is 2.24. The number of carbonyl (C=O) groups excluding carboxylic acids is 1. The van der Waals surface area contributed by atoms with E-state index in [2.05, 4.69) is 5.32 Å². The molecule has 0 spiro atoms. The second-order valence-corrected chi connectivity index (χ2v) is 8.38. The van der Waals surface area contributed by atoms with Gasteiger partial charge in [0.15, 0.2) is 0 Å². The van der Waals surface area contributed by atoms with Crippen LogP contribution in [-0.2, 0) is 19.6 Å². The Labute approximate surface area is 148 Å². The second kappa shape index (κ2) is 7.97. The van der Waals surface area contributed by atoms with Gasteiger partial charge in [0, 0.05) is 19.1 Å². The first-order valence-electron chi connectivity index (χ1n) is 8.32. The molecule has 1 aromatic carbocycles. The van der Waals surface area contributed by atoms with E-state index in [1.54, 1.807) is 25.1 Å². The van der Waals surface area contributed by atoms with Crippen molar-refractivity contribution in [3.8, 4) is 0 Å². The molecule has 138 valence electrons. The van der Waals surface area contributed by atoms with Crippen molar-refractivity contribution in [1.82, 2.24) is 9.62 Å². The van der Waals surface area contributed by atoms with E-state index < -0.39 is 33.9 Å². The highest BCUT2D eigenvalue weighted by molar-refractivity contribution is 7.89. The van der Waals surface area contributed by atoms with Crippen molar-refractivity contribution < 1.29 is 23.1 Å². The Morgan fingerprint density at radius 2 is 1.88 bits per heavy atom. The highest BCUT2D eigenvalue weighted by atomic mass is 32.2. The van der Waals surface area contributed by atoms with Crippen LogP contribution in [0.5, 0.6) is 0 Å². The molecule has 25 heavy (non-hydrogen) atoms. The molecular weight excluding hydrogens is 344 g/mol. The molecule has 0 bridgehead atoms. The van der Waals surface area contributed by atoms with Crippen molar-refractivity contribution in [2.75, 3.05) is 13.1 Å². The second-order valence-electron chi connectivity index (χ2n) is 6.44. The third kappa shape index (κ3) is 4.58. The number of nitrogens with zero attached hydrogens (tertiary/aromatic N) is 1. The van der Waals surface area contributed by atoms with Gasteiger partial charge in [-0.25, -0.2) is 8.42 Å². The molecule has 0 aromatic heterocycles. The summed E-state index contributed by atoms with van der Waals surface area (Å²) in [5.41, 5.74) is 0. The largest absolute Gasteiger partial charge is 0.481 e. The average Bonchev–Trinajstić information content (AvgIpc) is 2.61. The average molecular weight is 368 g/mol. The van der Waals surface area contributed by atoms with Gasteiger partial charge >= 0.3 is 5.97 Å². The lowest BCUT2D eigenvalue weighted by Gasteiger charge is -2.32. The Balaban J connectivity index is 2.05. The maximum absolute atomic E-state index is 12.7. The zero-order valence-electron chi connectivity index (χ0n) is 14.4. The van der Waals surface area contributed by atoms with Gasteiger partial charge in [-0.2, -0.15) is 4.31 Å². The molecule has 3 atom stereocenters. The van der Waals surface area contributed by atoms with E-state index >= 15 is 0 Å². The number of rotatable bonds is 6. The lowest BCUT2D eigenvalue weighted by molar-refractivity contribution is -0.142. The molecule has 1 heterocycles. The Bertz CT molecular complexity index is 720. The molecule has 2 rings (SSSR count). The number of sulfonamides is 1. The minimum atomic E-state index is -3.63. The molecule has 0 aliphatic carbocycles. The number of hydrogen-bond donors (Lipinski definition) is 2. The molecule has 8 heteroatoms. The van der Waals surface area contributed by atoms with Gasteiger partial charge in [-0.15, -0.1) is 0 Å². The maximum Gasteiger partial charge on any atom is 0.308 e. The van der Waals surface area contributed by atoms with Crippen LogP contribution < -0.4 is 5.32 Å². The number of benzene rings is 1. The lowest BCUT2D eigenvalue weighted by Crippen LogP contribution is -2.48. The van der Waals surface area contributed by atoms with Gasteiger partial charge in [0.1, 0.15) is 0 Å². The molecule has 3 unspecified atom stereocenters. The summed E-state index contributed by atoms with van der Waals surface area (Å²) in [6.45, 7) is 3.65. The molecule has 1 saturated heterocycles. The smallest absolute Gasteiger partial charge is 0.308 e. The Hall–Kier alpha value is -1.93. The topological polar surface area (TPSA) is 104 Å². The van der Waals surface area contributed by atoms with Crippen LogP contribution in [0.4, 0.5) is 0 Å². The van der Waals surface area contributed by atoms with Crippen LogP contribution in [0, 0.1) is 11.8 Å². The van der Waals surface area contributed by atoms with Gasteiger partial charge < -0.3 is 10.4 Å². The van der Waals surface area contributed by atoms with Crippen molar-refractivity contribution in [1.29, 1.82) is 0 Å². The molecule has 1 fully saturated rings. The molecule has 1 aliphatic rings. The molecule has 0 saturated carbocycles. The van der Waals surface area contributed by atoms with E-state index in [4.69, 9.17) is 5.11 Å². The predicted octanol–water partition coefficient (Wildman–Crippen LogP) is 1.31. The normalized spacial score (nSPS) is 21.3. The number of amides is 1. The molecular formula is C17H24N2O5S. The van der Waals surface area contributed by atoms with Gasteiger partial charge in [0.05, 0.1) is 16.7 Å². The van der Waals surface area contributed by atoms with E-state index in [0.29, 0.717) is 19.4 Å². The first kappa shape index (κ1) is 19.4. The fourth-order valence-corrected chi connectivity index (χ4v) is 4.34. The number of carbonyl (C=O) groups is 2. The van der Waals surface area contributed by atoms with Crippen LogP contribution in [0.1, 0.15) is 26.7 Å². The van der Waals surface area contributed by atoms with Crippen LogP contribution in [0.2, 0.25) is 0 Å². The Morgan fingerprint density at radius 3 is 2.48 bits per heavy atom. The summed E-state index contributed by atoms with van der Waals surface area (Å²) in [6, 6.07) is 7.62. The molecule has 0 radical (unpaired) electrons. The van der Waals surface area contributed by atoms with Crippen LogP contribution in [0.15, 0.2) is 35.2 Å².